The van der Waals surface area contributed by atoms with E-state index in [4.69, 9.17) is 0 Å². The highest BCUT2D eigenvalue weighted by atomic mass is 16.6. The van der Waals surface area contributed by atoms with Crippen molar-refractivity contribution in [2.45, 2.75) is 19.8 Å². The molecule has 1 amide bonds. The molecule has 0 radical (unpaired) electrons. The number of hydrogen-bond donors (Lipinski definition) is 0. The molecule has 0 bridgehead atoms. The van der Waals surface area contributed by atoms with Gasteiger partial charge in [0.15, 0.2) is 0 Å². The molecule has 0 atom stereocenters. The topological polar surface area (TPSA) is 69.9 Å². The number of piperidine rings is 1. The number of benzene rings is 1. The third kappa shape index (κ3) is 3.92. The first-order chi connectivity index (χ1) is 12.0. The first kappa shape index (κ1) is 17.7. The molecule has 2 heterocycles. The van der Waals surface area contributed by atoms with Crippen LogP contribution >= 0.6 is 0 Å². The quantitative estimate of drug-likeness (QED) is 0.620. The molecule has 2 fully saturated rings. The molecule has 3 rings (SSSR count). The second kappa shape index (κ2) is 7.39. The second-order valence-corrected chi connectivity index (χ2v) is 7.22. The maximum absolute atomic E-state index is 13.1. The molecule has 2 aliphatic rings. The van der Waals surface area contributed by atoms with Crippen LogP contribution in [0.3, 0.4) is 0 Å². The molecule has 0 spiro atoms. The van der Waals surface area contributed by atoms with Gasteiger partial charge in [0.25, 0.3) is 11.6 Å². The van der Waals surface area contributed by atoms with Crippen molar-refractivity contribution in [1.82, 2.24) is 9.80 Å². The van der Waals surface area contributed by atoms with Crippen LogP contribution in [0.4, 0.5) is 11.4 Å². The van der Waals surface area contributed by atoms with Crippen LogP contribution in [0, 0.1) is 16.0 Å². The SMILES string of the molecule is CC1CCN(c2ccc([N+](=O)[O-])cc2C(=O)N2CCN(C)CC2)CC1. The Kier molecular flexibility index (Phi) is 5.22. The van der Waals surface area contributed by atoms with Crippen LogP contribution in [0.15, 0.2) is 18.2 Å². The monoisotopic (exact) mass is 346 g/mol. The van der Waals surface area contributed by atoms with E-state index in [0.717, 1.165) is 44.7 Å². The molecule has 0 aromatic heterocycles. The molecule has 136 valence electrons. The summed E-state index contributed by atoms with van der Waals surface area (Å²) in [5.41, 5.74) is 1.28. The van der Waals surface area contributed by atoms with Gasteiger partial charge in [-0.1, -0.05) is 6.92 Å². The zero-order valence-electron chi connectivity index (χ0n) is 15.0. The molecule has 0 aliphatic carbocycles. The van der Waals surface area contributed by atoms with E-state index in [1.165, 1.54) is 12.1 Å². The molecule has 2 aliphatic heterocycles. The van der Waals surface area contributed by atoms with Crippen molar-refractivity contribution < 1.29 is 9.72 Å². The number of anilines is 1. The minimum Gasteiger partial charge on any atom is -0.371 e. The fourth-order valence-electron chi connectivity index (χ4n) is 3.51. The highest BCUT2D eigenvalue weighted by molar-refractivity contribution is 6.00. The third-order valence-electron chi connectivity index (χ3n) is 5.34. The van der Waals surface area contributed by atoms with Crippen LogP contribution in [0.1, 0.15) is 30.1 Å². The lowest BCUT2D eigenvalue weighted by molar-refractivity contribution is -0.384. The number of amides is 1. The molecule has 7 heteroatoms. The molecule has 0 unspecified atom stereocenters. The first-order valence-corrected chi connectivity index (χ1v) is 8.97. The van der Waals surface area contributed by atoms with Gasteiger partial charge < -0.3 is 14.7 Å². The Hall–Kier alpha value is -2.15. The van der Waals surface area contributed by atoms with E-state index in [1.54, 1.807) is 6.07 Å². The lowest BCUT2D eigenvalue weighted by atomic mass is 9.97. The van der Waals surface area contributed by atoms with Gasteiger partial charge in [-0.05, 0) is 31.9 Å². The van der Waals surface area contributed by atoms with E-state index in [-0.39, 0.29) is 11.6 Å². The van der Waals surface area contributed by atoms with Crippen LogP contribution in [-0.2, 0) is 0 Å². The van der Waals surface area contributed by atoms with Gasteiger partial charge >= 0.3 is 0 Å². The van der Waals surface area contributed by atoms with Gasteiger partial charge in [-0.15, -0.1) is 0 Å². The summed E-state index contributed by atoms with van der Waals surface area (Å²) in [4.78, 5) is 30.0. The number of nitro groups is 1. The highest BCUT2D eigenvalue weighted by Crippen LogP contribution is 2.30. The number of nitrogens with zero attached hydrogens (tertiary/aromatic N) is 4. The summed E-state index contributed by atoms with van der Waals surface area (Å²) >= 11 is 0. The van der Waals surface area contributed by atoms with E-state index in [0.29, 0.717) is 24.6 Å². The van der Waals surface area contributed by atoms with E-state index < -0.39 is 4.92 Å². The lowest BCUT2D eigenvalue weighted by Crippen LogP contribution is -2.47. The number of nitro benzene ring substituents is 1. The Bertz CT molecular complexity index is 648. The smallest absolute Gasteiger partial charge is 0.270 e. The standard InChI is InChI=1S/C18H26N4O3/c1-14-5-7-20(8-6-14)17-4-3-15(22(24)25)13-16(17)18(23)21-11-9-19(2)10-12-21/h3-4,13-14H,5-12H2,1-2H3. The Balaban J connectivity index is 1.89. The molecule has 7 nitrogen and oxygen atoms in total. The number of piperazine rings is 1. The fourth-order valence-corrected chi connectivity index (χ4v) is 3.51. The van der Waals surface area contributed by atoms with Crippen molar-refractivity contribution >= 4 is 17.3 Å². The summed E-state index contributed by atoms with van der Waals surface area (Å²) < 4.78 is 0. The largest absolute Gasteiger partial charge is 0.371 e. The average Bonchev–Trinajstić information content (AvgIpc) is 2.62. The van der Waals surface area contributed by atoms with E-state index in [1.807, 2.05) is 11.9 Å². The van der Waals surface area contributed by atoms with Crippen LogP contribution in [-0.4, -0.2) is 66.9 Å². The summed E-state index contributed by atoms with van der Waals surface area (Å²) in [7, 11) is 2.04. The van der Waals surface area contributed by atoms with Crippen LogP contribution in [0.25, 0.3) is 0 Å². The summed E-state index contributed by atoms with van der Waals surface area (Å²) in [5.74, 6) is 0.594. The Labute approximate surface area is 148 Å². The van der Waals surface area contributed by atoms with Crippen molar-refractivity contribution in [3.8, 4) is 0 Å². The highest BCUT2D eigenvalue weighted by Gasteiger charge is 2.27. The maximum atomic E-state index is 13.1. The van der Waals surface area contributed by atoms with Crippen molar-refractivity contribution in [3.05, 3.63) is 33.9 Å². The fraction of sp³-hybridized carbons (Fsp3) is 0.611. The first-order valence-electron chi connectivity index (χ1n) is 8.97. The lowest BCUT2D eigenvalue weighted by Gasteiger charge is -2.35. The average molecular weight is 346 g/mol. The van der Waals surface area contributed by atoms with Crippen molar-refractivity contribution in [3.63, 3.8) is 0 Å². The molecule has 2 saturated heterocycles. The van der Waals surface area contributed by atoms with Crippen molar-refractivity contribution in [2.24, 2.45) is 5.92 Å². The van der Waals surface area contributed by atoms with Crippen LogP contribution in [0.2, 0.25) is 0 Å². The van der Waals surface area contributed by atoms with Gasteiger partial charge in [-0.25, -0.2) is 0 Å². The summed E-state index contributed by atoms with van der Waals surface area (Å²) in [5, 5.41) is 11.2. The maximum Gasteiger partial charge on any atom is 0.270 e. The van der Waals surface area contributed by atoms with Gasteiger partial charge in [0.05, 0.1) is 16.2 Å². The normalized spacial score (nSPS) is 19.9. The van der Waals surface area contributed by atoms with E-state index in [9.17, 15) is 14.9 Å². The third-order valence-corrected chi connectivity index (χ3v) is 5.34. The zero-order chi connectivity index (χ0) is 18.0. The molecule has 1 aromatic rings. The molecule has 1 aromatic carbocycles. The number of rotatable bonds is 3. The Morgan fingerprint density at radius 2 is 1.76 bits per heavy atom. The summed E-state index contributed by atoms with van der Waals surface area (Å²) in [6.07, 6.45) is 2.16. The van der Waals surface area contributed by atoms with Gasteiger partial charge in [-0.3, -0.25) is 14.9 Å². The number of carbonyl (C=O) groups excluding carboxylic acids is 1. The molecular weight excluding hydrogens is 320 g/mol. The minimum absolute atomic E-state index is 0.0217. The van der Waals surface area contributed by atoms with Gasteiger partial charge in [0, 0.05) is 51.4 Å². The van der Waals surface area contributed by atoms with Crippen LogP contribution < -0.4 is 4.90 Å². The van der Waals surface area contributed by atoms with Gasteiger partial charge in [-0.2, -0.15) is 0 Å². The van der Waals surface area contributed by atoms with E-state index in [2.05, 4.69) is 16.7 Å². The van der Waals surface area contributed by atoms with Gasteiger partial charge in [0.2, 0.25) is 0 Å². The number of likely N-dealkylation sites (N-methyl/N-ethyl adjacent to an activating group) is 1. The van der Waals surface area contributed by atoms with E-state index >= 15 is 0 Å². The Morgan fingerprint density at radius 1 is 1.12 bits per heavy atom. The number of non-ortho nitro benzene ring substituents is 1. The second-order valence-electron chi connectivity index (χ2n) is 7.22. The predicted molar refractivity (Wildman–Crippen MR) is 97.1 cm³/mol. The Morgan fingerprint density at radius 3 is 2.36 bits per heavy atom. The summed E-state index contributed by atoms with van der Waals surface area (Å²) in [6.45, 7) is 7.00. The summed E-state index contributed by atoms with van der Waals surface area (Å²) in [6, 6.07) is 4.71. The number of carbonyl (C=O) groups is 1. The van der Waals surface area contributed by atoms with Crippen molar-refractivity contribution in [1.29, 1.82) is 0 Å². The molecule has 0 saturated carbocycles. The minimum atomic E-state index is -0.428. The van der Waals surface area contributed by atoms with Crippen LogP contribution in [0.5, 0.6) is 0 Å². The zero-order valence-corrected chi connectivity index (χ0v) is 15.0. The molecular formula is C18H26N4O3. The number of hydrogen-bond acceptors (Lipinski definition) is 5. The predicted octanol–water partition coefficient (Wildman–Crippen LogP) is 2.22. The van der Waals surface area contributed by atoms with Crippen molar-refractivity contribution in [2.75, 3.05) is 51.2 Å². The van der Waals surface area contributed by atoms with Gasteiger partial charge in [0.1, 0.15) is 0 Å². The molecule has 25 heavy (non-hydrogen) atoms. The molecule has 0 N–H and O–H groups in total.